The van der Waals surface area contributed by atoms with Crippen molar-refractivity contribution in [3.05, 3.63) is 29.3 Å². The highest BCUT2D eigenvalue weighted by atomic mass is 16.2. The highest BCUT2D eigenvalue weighted by Crippen LogP contribution is 2.30. The van der Waals surface area contributed by atoms with E-state index in [4.69, 9.17) is 0 Å². The lowest BCUT2D eigenvalue weighted by Gasteiger charge is -2.18. The minimum Gasteiger partial charge on any atom is -0.348 e. The van der Waals surface area contributed by atoms with Crippen LogP contribution in [0.5, 0.6) is 0 Å². The van der Waals surface area contributed by atoms with Crippen LogP contribution in [0.2, 0.25) is 0 Å². The van der Waals surface area contributed by atoms with Gasteiger partial charge < -0.3 is 20.4 Å². The first-order chi connectivity index (χ1) is 11.9. The molecule has 6 nitrogen and oxygen atoms in total. The number of benzene rings is 1. The van der Waals surface area contributed by atoms with E-state index in [1.165, 1.54) is 24.3 Å². The van der Waals surface area contributed by atoms with Gasteiger partial charge in [0.25, 0.3) is 5.91 Å². The first-order valence-electron chi connectivity index (χ1n) is 9.04. The van der Waals surface area contributed by atoms with Crippen LogP contribution in [0.3, 0.4) is 0 Å². The van der Waals surface area contributed by atoms with Crippen molar-refractivity contribution in [2.75, 3.05) is 39.0 Å². The number of nitrogens with one attached hydrogen (secondary N) is 2. The molecule has 3 amide bonds. The number of anilines is 1. The second kappa shape index (κ2) is 7.44. The second-order valence-electron chi connectivity index (χ2n) is 7.54. The molecule has 2 N–H and O–H groups in total. The SMILES string of the molecule is Cc1ccc(NC(=O)N(C)C)c(C(=O)NC2CCN(CC3CC3)C2)c1. The lowest BCUT2D eigenvalue weighted by Crippen LogP contribution is -2.38. The molecule has 1 saturated heterocycles. The fourth-order valence-corrected chi connectivity index (χ4v) is 3.23. The van der Waals surface area contributed by atoms with E-state index >= 15 is 0 Å². The minimum absolute atomic E-state index is 0.115. The maximum absolute atomic E-state index is 12.8. The number of carbonyl (C=O) groups excluding carboxylic acids is 2. The Hall–Kier alpha value is -2.08. The van der Waals surface area contributed by atoms with Gasteiger partial charge in [-0.05, 0) is 44.2 Å². The van der Waals surface area contributed by atoms with E-state index in [1.54, 1.807) is 20.2 Å². The van der Waals surface area contributed by atoms with Crippen LogP contribution in [-0.2, 0) is 0 Å². The molecule has 1 unspecified atom stereocenters. The summed E-state index contributed by atoms with van der Waals surface area (Å²) in [5.41, 5.74) is 2.07. The molecule has 3 rings (SSSR count). The van der Waals surface area contributed by atoms with Crippen LogP contribution in [0, 0.1) is 12.8 Å². The van der Waals surface area contributed by atoms with Gasteiger partial charge >= 0.3 is 6.03 Å². The average Bonchev–Trinajstić information content (AvgIpc) is 3.27. The van der Waals surface area contributed by atoms with E-state index < -0.39 is 0 Å². The summed E-state index contributed by atoms with van der Waals surface area (Å²) >= 11 is 0. The highest BCUT2D eigenvalue weighted by molar-refractivity contribution is 6.03. The summed E-state index contributed by atoms with van der Waals surface area (Å²) in [6.07, 6.45) is 3.70. The number of amides is 3. The van der Waals surface area contributed by atoms with E-state index in [0.29, 0.717) is 11.3 Å². The summed E-state index contributed by atoms with van der Waals surface area (Å²) in [5.74, 6) is 0.759. The Kier molecular flexibility index (Phi) is 5.27. The van der Waals surface area contributed by atoms with Gasteiger partial charge in [0, 0.05) is 39.8 Å². The van der Waals surface area contributed by atoms with Crippen LogP contribution in [0.1, 0.15) is 35.2 Å². The number of rotatable bonds is 5. The molecule has 2 fully saturated rings. The second-order valence-corrected chi connectivity index (χ2v) is 7.54. The Bertz CT molecular complexity index is 655. The molecule has 0 spiro atoms. The molecule has 1 heterocycles. The average molecular weight is 344 g/mol. The van der Waals surface area contributed by atoms with Crippen molar-refractivity contribution in [1.29, 1.82) is 0 Å². The molecule has 136 valence electrons. The van der Waals surface area contributed by atoms with Crippen LogP contribution in [-0.4, -0.2) is 61.5 Å². The van der Waals surface area contributed by atoms with Crippen molar-refractivity contribution in [1.82, 2.24) is 15.1 Å². The zero-order chi connectivity index (χ0) is 18.0. The van der Waals surface area contributed by atoms with Gasteiger partial charge in [-0.2, -0.15) is 0 Å². The van der Waals surface area contributed by atoms with Crippen molar-refractivity contribution >= 4 is 17.6 Å². The number of likely N-dealkylation sites (tertiary alicyclic amines) is 1. The topological polar surface area (TPSA) is 64.7 Å². The number of aryl methyl sites for hydroxylation is 1. The Labute approximate surface area is 149 Å². The van der Waals surface area contributed by atoms with E-state index in [1.807, 2.05) is 19.1 Å². The van der Waals surface area contributed by atoms with Crippen molar-refractivity contribution in [2.45, 2.75) is 32.2 Å². The zero-order valence-electron chi connectivity index (χ0n) is 15.3. The normalized spacial score (nSPS) is 20.4. The number of carbonyl (C=O) groups is 2. The molecule has 1 aromatic carbocycles. The van der Waals surface area contributed by atoms with Gasteiger partial charge in [0.1, 0.15) is 0 Å². The smallest absolute Gasteiger partial charge is 0.321 e. The van der Waals surface area contributed by atoms with E-state index in [2.05, 4.69) is 15.5 Å². The molecule has 1 aromatic rings. The minimum atomic E-state index is -0.241. The molecule has 1 aliphatic heterocycles. The third-order valence-electron chi connectivity index (χ3n) is 4.89. The highest BCUT2D eigenvalue weighted by Gasteiger charge is 2.30. The van der Waals surface area contributed by atoms with Crippen LogP contribution in [0.25, 0.3) is 0 Å². The molecule has 1 saturated carbocycles. The molecule has 25 heavy (non-hydrogen) atoms. The molecule has 0 bridgehead atoms. The Morgan fingerprint density at radius 1 is 1.24 bits per heavy atom. The summed E-state index contributed by atoms with van der Waals surface area (Å²) in [6, 6.07) is 5.46. The molecule has 0 aromatic heterocycles. The Morgan fingerprint density at radius 3 is 2.68 bits per heavy atom. The van der Waals surface area contributed by atoms with Crippen molar-refractivity contribution in [3.63, 3.8) is 0 Å². The third-order valence-corrected chi connectivity index (χ3v) is 4.89. The van der Waals surface area contributed by atoms with Crippen LogP contribution in [0.15, 0.2) is 18.2 Å². The van der Waals surface area contributed by atoms with Crippen molar-refractivity contribution in [3.8, 4) is 0 Å². The molecular formula is C19H28N4O2. The zero-order valence-corrected chi connectivity index (χ0v) is 15.3. The quantitative estimate of drug-likeness (QED) is 0.861. The van der Waals surface area contributed by atoms with Crippen molar-refractivity contribution in [2.24, 2.45) is 5.92 Å². The van der Waals surface area contributed by atoms with E-state index in [0.717, 1.165) is 31.0 Å². The van der Waals surface area contributed by atoms with Gasteiger partial charge in [0.15, 0.2) is 0 Å². The van der Waals surface area contributed by atoms with Crippen molar-refractivity contribution < 1.29 is 9.59 Å². The molecule has 1 aliphatic carbocycles. The summed E-state index contributed by atoms with van der Waals surface area (Å²) in [4.78, 5) is 28.6. The van der Waals surface area contributed by atoms with E-state index in [-0.39, 0.29) is 18.0 Å². The standard InChI is InChI=1S/C19H28N4O2/c1-13-4-7-17(21-19(25)22(2)3)16(10-13)18(24)20-15-8-9-23(12-15)11-14-5-6-14/h4,7,10,14-15H,5-6,8-9,11-12H2,1-3H3,(H,20,24)(H,21,25). The van der Waals surface area contributed by atoms with Crippen LogP contribution in [0.4, 0.5) is 10.5 Å². The molecular weight excluding hydrogens is 316 g/mol. The predicted octanol–water partition coefficient (Wildman–Crippen LogP) is 2.30. The fourth-order valence-electron chi connectivity index (χ4n) is 3.23. The summed E-state index contributed by atoms with van der Waals surface area (Å²) in [5, 5.41) is 5.95. The maximum Gasteiger partial charge on any atom is 0.321 e. The predicted molar refractivity (Wildman–Crippen MR) is 98.9 cm³/mol. The number of nitrogens with zero attached hydrogens (tertiary/aromatic N) is 2. The Morgan fingerprint density at radius 2 is 2.00 bits per heavy atom. The van der Waals surface area contributed by atoms with Gasteiger partial charge in [-0.25, -0.2) is 4.79 Å². The largest absolute Gasteiger partial charge is 0.348 e. The first kappa shape index (κ1) is 17.7. The van der Waals surface area contributed by atoms with Gasteiger partial charge in [0.05, 0.1) is 11.3 Å². The third kappa shape index (κ3) is 4.72. The van der Waals surface area contributed by atoms with Crippen LogP contribution < -0.4 is 10.6 Å². The monoisotopic (exact) mass is 344 g/mol. The molecule has 1 atom stereocenters. The summed E-state index contributed by atoms with van der Waals surface area (Å²) in [7, 11) is 3.35. The van der Waals surface area contributed by atoms with Gasteiger partial charge in [-0.3, -0.25) is 4.79 Å². The number of hydrogen-bond donors (Lipinski definition) is 2. The number of hydrogen-bond acceptors (Lipinski definition) is 3. The van der Waals surface area contributed by atoms with E-state index in [9.17, 15) is 9.59 Å². The first-order valence-corrected chi connectivity index (χ1v) is 9.04. The summed E-state index contributed by atoms with van der Waals surface area (Å²) < 4.78 is 0. The molecule has 2 aliphatic rings. The lowest BCUT2D eigenvalue weighted by molar-refractivity contribution is 0.0938. The molecule has 0 radical (unpaired) electrons. The summed E-state index contributed by atoms with van der Waals surface area (Å²) in [6.45, 7) is 5.09. The molecule has 6 heteroatoms. The van der Waals surface area contributed by atoms with Gasteiger partial charge in [0.2, 0.25) is 0 Å². The Balaban J connectivity index is 1.64. The maximum atomic E-state index is 12.8. The fraction of sp³-hybridized carbons (Fsp3) is 0.579. The van der Waals surface area contributed by atoms with Crippen LogP contribution >= 0.6 is 0 Å². The number of urea groups is 1. The lowest BCUT2D eigenvalue weighted by atomic mass is 10.1. The van der Waals surface area contributed by atoms with Gasteiger partial charge in [-0.1, -0.05) is 11.6 Å². The van der Waals surface area contributed by atoms with Gasteiger partial charge in [-0.15, -0.1) is 0 Å².